The lowest BCUT2D eigenvalue weighted by Gasteiger charge is -2.27. The smallest absolute Gasteiger partial charge is 0.243 e. The molecule has 19 heteroatoms. The molecule has 12 N–H and O–H groups in total. The predicted molar refractivity (Wildman–Crippen MR) is 223 cm³/mol. The Balaban J connectivity index is 1.72. The summed E-state index contributed by atoms with van der Waals surface area (Å²) < 4.78 is 0. The van der Waals surface area contributed by atoms with E-state index in [1.807, 2.05) is 24.3 Å². The first-order valence-corrected chi connectivity index (χ1v) is 20.4. The van der Waals surface area contributed by atoms with Crippen LogP contribution in [0.25, 0.3) is 10.9 Å². The van der Waals surface area contributed by atoms with Crippen LogP contribution in [-0.2, 0) is 51.2 Å². The van der Waals surface area contributed by atoms with Gasteiger partial charge >= 0.3 is 0 Å². The number of imidazole rings is 1. The molecule has 0 unspecified atom stereocenters. The minimum absolute atomic E-state index is 0.0148. The van der Waals surface area contributed by atoms with E-state index in [0.29, 0.717) is 17.7 Å². The number of benzene rings is 1. The van der Waals surface area contributed by atoms with Crippen LogP contribution < -0.4 is 43.4 Å². The van der Waals surface area contributed by atoms with Crippen LogP contribution in [0.5, 0.6) is 0 Å². The normalized spacial score (nSPS) is 14.2. The van der Waals surface area contributed by atoms with Crippen molar-refractivity contribution in [1.82, 2.24) is 46.9 Å². The lowest BCUT2D eigenvalue weighted by atomic mass is 10.0. The van der Waals surface area contributed by atoms with Gasteiger partial charge in [0.05, 0.1) is 12.0 Å². The van der Waals surface area contributed by atoms with Gasteiger partial charge in [0.2, 0.25) is 47.3 Å². The van der Waals surface area contributed by atoms with Crippen molar-refractivity contribution in [3.05, 3.63) is 54.2 Å². The molecule has 0 radical (unpaired) electrons. The summed E-state index contributed by atoms with van der Waals surface area (Å²) in [5, 5.41) is 16.5. The fourth-order valence-electron chi connectivity index (χ4n) is 6.41. The molecule has 3 aromatic rings. The van der Waals surface area contributed by atoms with Crippen LogP contribution in [0.1, 0.15) is 97.2 Å². The van der Waals surface area contributed by atoms with E-state index in [0.717, 1.165) is 36.6 Å². The Morgan fingerprint density at radius 1 is 0.667 bits per heavy atom. The molecule has 0 fully saturated rings. The third-order valence-electron chi connectivity index (χ3n) is 9.95. The van der Waals surface area contributed by atoms with Gasteiger partial charge in [-0.25, -0.2) is 4.98 Å². The molecule has 0 aliphatic rings. The maximum atomic E-state index is 14.0. The van der Waals surface area contributed by atoms with E-state index in [-0.39, 0.29) is 38.0 Å². The average Bonchev–Trinajstić information content (AvgIpc) is 3.87. The summed E-state index contributed by atoms with van der Waals surface area (Å²) in [5.74, 6) is -5.89. The molecule has 2 aromatic heterocycles. The van der Waals surface area contributed by atoms with Crippen LogP contribution in [0.4, 0.5) is 0 Å². The largest absolute Gasteiger partial charge is 0.370 e. The summed E-state index contributed by atoms with van der Waals surface area (Å²) in [7, 11) is 0. The molecule has 0 bridgehead atoms. The number of nitrogens with zero attached hydrogens (tertiary/aromatic N) is 1. The van der Waals surface area contributed by atoms with Gasteiger partial charge in [-0.05, 0) is 44.2 Å². The summed E-state index contributed by atoms with van der Waals surface area (Å²) in [5.41, 5.74) is 12.8. The number of carbonyl (C=O) groups is 8. The fraction of sp³-hybridized carbons (Fsp3) is 0.537. The standard InChI is InChI=1S/C41H61N11O8/c1-6-7-8-9-10-15-34(54)49-30(16-17-33(42)53)39(58)51-32(18-26-20-45-29-14-12-11-13-28(26)29)40(59)47-25(5)38(57)52-35(23(2)3)41(60)48-24(4)37(56)50-31(36(43)55)19-27-21-44-22-46-27/h11-14,20-25,30-32,35,45H,6-10,15-19H2,1-5H3,(H2,42,53)(H2,43,55)(H,44,46)(H,47,59)(H,48,60)(H,49,54)(H,50,56)(H,51,58)(H,52,57)/t24-,25-,30-,31-,32-,35-/m0/s1. The Labute approximate surface area is 349 Å². The van der Waals surface area contributed by atoms with Gasteiger partial charge in [-0.3, -0.25) is 38.4 Å². The highest BCUT2D eigenvalue weighted by Crippen LogP contribution is 2.19. The molecule has 3 rings (SSSR count). The number of unbranched alkanes of at least 4 members (excludes halogenated alkanes) is 4. The van der Waals surface area contributed by atoms with Crippen LogP contribution in [0, 0.1) is 5.92 Å². The molecule has 6 atom stereocenters. The molecule has 0 aliphatic heterocycles. The number of primary amides is 2. The molecule has 1 aromatic carbocycles. The van der Waals surface area contributed by atoms with Gasteiger partial charge in [-0.2, -0.15) is 0 Å². The second kappa shape index (κ2) is 24.0. The second-order valence-electron chi connectivity index (χ2n) is 15.3. The predicted octanol–water partition coefficient (Wildman–Crippen LogP) is 0.392. The molecule has 0 aliphatic carbocycles. The molecule has 60 heavy (non-hydrogen) atoms. The van der Waals surface area contributed by atoms with Crippen LogP contribution in [0.2, 0.25) is 0 Å². The number of H-pyrrole nitrogens is 2. The van der Waals surface area contributed by atoms with Crippen molar-refractivity contribution >= 4 is 58.2 Å². The number of amides is 8. The van der Waals surface area contributed by atoms with Gasteiger partial charge in [0.25, 0.3) is 0 Å². The molecular weight excluding hydrogens is 775 g/mol. The average molecular weight is 836 g/mol. The van der Waals surface area contributed by atoms with Crippen LogP contribution in [0.3, 0.4) is 0 Å². The Morgan fingerprint density at radius 3 is 1.93 bits per heavy atom. The highest BCUT2D eigenvalue weighted by Gasteiger charge is 2.33. The van der Waals surface area contributed by atoms with Gasteiger partial charge in [0.1, 0.15) is 36.3 Å². The Bertz CT molecular complexity index is 1930. The van der Waals surface area contributed by atoms with Gasteiger partial charge in [0, 0.05) is 49.0 Å². The van der Waals surface area contributed by atoms with E-state index in [2.05, 4.69) is 53.8 Å². The monoisotopic (exact) mass is 835 g/mol. The van der Waals surface area contributed by atoms with Crippen molar-refractivity contribution < 1.29 is 38.4 Å². The van der Waals surface area contributed by atoms with E-state index in [1.54, 1.807) is 26.2 Å². The maximum Gasteiger partial charge on any atom is 0.243 e. The first-order valence-electron chi connectivity index (χ1n) is 20.4. The zero-order chi connectivity index (χ0) is 44.4. The maximum absolute atomic E-state index is 14.0. The third-order valence-corrected chi connectivity index (χ3v) is 9.95. The number of fused-ring (bicyclic) bond motifs is 1. The lowest BCUT2D eigenvalue weighted by Crippen LogP contribution is -2.60. The molecule has 328 valence electrons. The van der Waals surface area contributed by atoms with E-state index in [1.165, 1.54) is 20.2 Å². The first kappa shape index (κ1) is 48.1. The SMILES string of the molecule is CCCCCCCC(=O)N[C@@H](CCC(N)=O)C(=O)N[C@@H](Cc1c[nH]c2ccccc12)C(=O)N[C@@H](C)C(=O)N[C@H](C(=O)N[C@@H](C)C(=O)N[C@@H](Cc1c[nH]cn1)C(N)=O)C(C)C. The number of aromatic amines is 2. The zero-order valence-electron chi connectivity index (χ0n) is 35.0. The quantitative estimate of drug-likeness (QED) is 0.0500. The Hall–Kier alpha value is -6.27. The molecule has 19 nitrogen and oxygen atoms in total. The van der Waals surface area contributed by atoms with Crippen molar-refractivity contribution in [3.8, 4) is 0 Å². The van der Waals surface area contributed by atoms with Crippen molar-refractivity contribution in [2.75, 3.05) is 0 Å². The molecule has 2 heterocycles. The number of nitrogens with two attached hydrogens (primary N) is 2. The highest BCUT2D eigenvalue weighted by molar-refractivity contribution is 5.97. The Kier molecular flexibility index (Phi) is 19.2. The Morgan fingerprint density at radius 2 is 1.30 bits per heavy atom. The molecule has 0 spiro atoms. The molecule has 0 saturated heterocycles. The molecule has 8 amide bonds. The van der Waals surface area contributed by atoms with Crippen molar-refractivity contribution in [2.24, 2.45) is 17.4 Å². The van der Waals surface area contributed by atoms with Crippen LogP contribution in [0.15, 0.2) is 43.0 Å². The van der Waals surface area contributed by atoms with Gasteiger partial charge in [-0.1, -0.05) is 64.7 Å². The summed E-state index contributed by atoms with van der Waals surface area (Å²) in [6.07, 6.45) is 9.12. The summed E-state index contributed by atoms with van der Waals surface area (Å²) >= 11 is 0. The first-order chi connectivity index (χ1) is 28.5. The number of aromatic nitrogens is 3. The minimum Gasteiger partial charge on any atom is -0.370 e. The van der Waals surface area contributed by atoms with Gasteiger partial charge in [0.15, 0.2) is 0 Å². The van der Waals surface area contributed by atoms with Crippen LogP contribution >= 0.6 is 0 Å². The number of nitrogens with one attached hydrogen (secondary N) is 8. The topological polar surface area (TPSA) is 305 Å². The van der Waals surface area contributed by atoms with Crippen molar-refractivity contribution in [3.63, 3.8) is 0 Å². The van der Waals surface area contributed by atoms with Gasteiger partial charge < -0.3 is 53.3 Å². The van der Waals surface area contributed by atoms with E-state index in [9.17, 15) is 38.4 Å². The molecule has 0 saturated carbocycles. The zero-order valence-corrected chi connectivity index (χ0v) is 35.0. The number of carbonyl (C=O) groups excluding carboxylic acids is 8. The number of para-hydroxylation sites is 1. The highest BCUT2D eigenvalue weighted by atomic mass is 16.2. The number of hydrogen-bond acceptors (Lipinski definition) is 9. The summed E-state index contributed by atoms with van der Waals surface area (Å²) in [6, 6.07) is 0.346. The number of hydrogen-bond donors (Lipinski definition) is 10. The second-order valence-corrected chi connectivity index (χ2v) is 15.3. The number of rotatable bonds is 26. The van der Waals surface area contributed by atoms with E-state index < -0.39 is 83.5 Å². The van der Waals surface area contributed by atoms with Crippen molar-refractivity contribution in [1.29, 1.82) is 0 Å². The summed E-state index contributed by atoms with van der Waals surface area (Å²) in [6.45, 7) is 8.26. The lowest BCUT2D eigenvalue weighted by molar-refractivity contribution is -0.135. The minimum atomic E-state index is -1.25. The fourth-order valence-corrected chi connectivity index (χ4v) is 6.41. The van der Waals surface area contributed by atoms with E-state index >= 15 is 0 Å². The third kappa shape index (κ3) is 15.5. The van der Waals surface area contributed by atoms with E-state index in [4.69, 9.17) is 11.5 Å². The van der Waals surface area contributed by atoms with Gasteiger partial charge in [-0.15, -0.1) is 0 Å². The molecular formula is C41H61N11O8. The van der Waals surface area contributed by atoms with Crippen LogP contribution in [-0.4, -0.2) is 98.5 Å². The summed E-state index contributed by atoms with van der Waals surface area (Å²) in [4.78, 5) is 114. The van der Waals surface area contributed by atoms with Crippen molar-refractivity contribution in [2.45, 2.75) is 135 Å².